The van der Waals surface area contributed by atoms with Gasteiger partial charge in [-0.25, -0.2) is 0 Å². The van der Waals surface area contributed by atoms with Crippen LogP contribution in [0, 0.1) is 0 Å². The van der Waals surface area contributed by atoms with Crippen molar-refractivity contribution in [2.24, 2.45) is 0 Å². The Morgan fingerprint density at radius 2 is 0.792 bits per heavy atom. The molecule has 1 rings (SSSR count). The van der Waals surface area contributed by atoms with Gasteiger partial charge in [0.25, 0.3) is 30.4 Å². The lowest BCUT2D eigenvalue weighted by Crippen LogP contribution is -2.40. The number of rotatable bonds is 9. The van der Waals surface area contributed by atoms with Crippen LogP contribution >= 0.6 is 0 Å². The molecule has 0 heterocycles. The molecule has 0 aliphatic heterocycles. The van der Waals surface area contributed by atoms with Crippen LogP contribution in [-0.4, -0.2) is 60.8 Å². The van der Waals surface area contributed by atoms with Crippen molar-refractivity contribution in [2.45, 2.75) is 58.3 Å². The van der Waals surface area contributed by atoms with Gasteiger partial charge in [-0.05, 0) is 20.8 Å². The molecule has 0 bridgehead atoms. The van der Waals surface area contributed by atoms with E-state index in [9.17, 15) is 25.3 Å². The fourth-order valence-electron chi connectivity index (χ4n) is 2.23. The quantitative estimate of drug-likeness (QED) is 0.497. The molecule has 0 atom stereocenters. The average molecular weight is 409 g/mol. The van der Waals surface area contributed by atoms with Crippen LogP contribution in [0.5, 0.6) is 0 Å². The van der Waals surface area contributed by atoms with E-state index in [1.54, 1.807) is 0 Å². The summed E-state index contributed by atoms with van der Waals surface area (Å²) in [4.78, 5) is 0. The van der Waals surface area contributed by atoms with E-state index in [0.29, 0.717) is 0 Å². The van der Waals surface area contributed by atoms with E-state index in [4.69, 9.17) is 12.5 Å². The van der Waals surface area contributed by atoms with E-state index in [2.05, 4.69) is 0 Å². The Morgan fingerprint density at radius 1 is 0.583 bits per heavy atom. The topological polar surface area (TPSA) is 130 Å². The molecule has 0 spiro atoms. The molecule has 9 nitrogen and oxygen atoms in total. The summed E-state index contributed by atoms with van der Waals surface area (Å²) in [7, 11) is -11.3. The molecule has 1 aliphatic carbocycles. The van der Waals surface area contributed by atoms with E-state index < -0.39 is 48.7 Å². The predicted octanol–water partition coefficient (Wildman–Crippen LogP) is 0.375. The van der Waals surface area contributed by atoms with Crippen LogP contribution in [0.2, 0.25) is 0 Å². The molecule has 24 heavy (non-hydrogen) atoms. The van der Waals surface area contributed by atoms with Gasteiger partial charge in [-0.1, -0.05) is 0 Å². The molecule has 12 heteroatoms. The second-order valence-electron chi connectivity index (χ2n) is 5.40. The van der Waals surface area contributed by atoms with Crippen molar-refractivity contribution < 1.29 is 37.8 Å². The van der Waals surface area contributed by atoms with Crippen LogP contribution in [0.25, 0.3) is 0 Å². The van der Waals surface area contributed by atoms with Gasteiger partial charge in [-0.15, -0.1) is 0 Å². The molecule has 0 aromatic carbocycles. The largest absolute Gasteiger partial charge is 0.267 e. The van der Waals surface area contributed by atoms with Crippen molar-refractivity contribution in [3.8, 4) is 0 Å². The zero-order valence-electron chi connectivity index (χ0n) is 13.9. The molecule has 0 N–H and O–H groups in total. The lowest BCUT2D eigenvalue weighted by molar-refractivity contribution is 0.0129. The van der Waals surface area contributed by atoms with Gasteiger partial charge in [-0.3, -0.25) is 12.5 Å². The van der Waals surface area contributed by atoms with Gasteiger partial charge in [0, 0.05) is 19.3 Å². The molecule has 0 unspecified atom stereocenters. The molecule has 0 saturated heterocycles. The maximum atomic E-state index is 11.6. The minimum Gasteiger partial charge on any atom is -0.267 e. The SMILES string of the molecule is CCS(=O)(=O)OC1CC(OS(=O)(=O)CC)CC(OS(=O)(=O)CC)C1. The summed E-state index contributed by atoms with van der Waals surface area (Å²) in [5, 5.41) is 0. The third-order valence-electron chi connectivity index (χ3n) is 3.49. The first-order valence-electron chi connectivity index (χ1n) is 7.64. The molecule has 1 fully saturated rings. The summed E-state index contributed by atoms with van der Waals surface area (Å²) < 4.78 is 84.8. The van der Waals surface area contributed by atoms with Gasteiger partial charge >= 0.3 is 0 Å². The van der Waals surface area contributed by atoms with Crippen molar-refractivity contribution >= 4 is 30.4 Å². The van der Waals surface area contributed by atoms with E-state index >= 15 is 0 Å². The monoisotopic (exact) mass is 408 g/mol. The standard InChI is InChI=1S/C12H24O9S3/c1-4-22(13,14)19-10-7-11(20-23(15,16)5-2)9-12(8-10)21-24(17,18)6-3/h10-12H,4-9H2,1-3H3. The summed E-state index contributed by atoms with van der Waals surface area (Å²) in [6.07, 6.45) is -2.66. The summed E-state index contributed by atoms with van der Waals surface area (Å²) in [5.74, 6) is -0.747. The van der Waals surface area contributed by atoms with Crippen LogP contribution in [-0.2, 0) is 42.9 Å². The minimum atomic E-state index is -3.77. The normalized spacial score (nSPS) is 26.4. The molecule has 0 radical (unpaired) electrons. The highest BCUT2D eigenvalue weighted by atomic mass is 32.2. The van der Waals surface area contributed by atoms with Crippen LogP contribution in [0.3, 0.4) is 0 Å². The summed E-state index contributed by atoms with van der Waals surface area (Å²) >= 11 is 0. The van der Waals surface area contributed by atoms with Crippen LogP contribution in [0.4, 0.5) is 0 Å². The Bertz CT molecular complexity index is 603. The highest BCUT2D eigenvalue weighted by molar-refractivity contribution is 7.87. The van der Waals surface area contributed by atoms with E-state index in [1.165, 1.54) is 20.8 Å². The van der Waals surface area contributed by atoms with Crippen molar-refractivity contribution in [1.29, 1.82) is 0 Å². The highest BCUT2D eigenvalue weighted by Crippen LogP contribution is 2.29. The molecule has 0 aromatic rings. The third kappa shape index (κ3) is 7.31. The maximum Gasteiger partial charge on any atom is 0.267 e. The van der Waals surface area contributed by atoms with Gasteiger partial charge in [0.1, 0.15) is 0 Å². The predicted molar refractivity (Wildman–Crippen MR) is 86.9 cm³/mol. The lowest BCUT2D eigenvalue weighted by Gasteiger charge is -2.33. The van der Waals surface area contributed by atoms with E-state index in [-0.39, 0.29) is 36.5 Å². The second kappa shape index (κ2) is 8.41. The molecule has 1 aliphatic rings. The fraction of sp³-hybridized carbons (Fsp3) is 1.00. The molecular formula is C12H24O9S3. The molecular weight excluding hydrogens is 384 g/mol. The lowest BCUT2D eigenvalue weighted by atomic mass is 9.93. The van der Waals surface area contributed by atoms with E-state index in [1.807, 2.05) is 0 Å². The van der Waals surface area contributed by atoms with Crippen molar-refractivity contribution in [3.63, 3.8) is 0 Å². The van der Waals surface area contributed by atoms with Crippen molar-refractivity contribution in [1.82, 2.24) is 0 Å². The van der Waals surface area contributed by atoms with Gasteiger partial charge in [0.15, 0.2) is 0 Å². The molecule has 1 saturated carbocycles. The Balaban J connectivity index is 2.93. The van der Waals surface area contributed by atoms with Gasteiger partial charge in [-0.2, -0.15) is 25.3 Å². The first-order chi connectivity index (χ1) is 10.9. The summed E-state index contributed by atoms with van der Waals surface area (Å²) in [5.41, 5.74) is 0. The smallest absolute Gasteiger partial charge is 0.267 e. The first kappa shape index (κ1) is 21.8. The highest BCUT2D eigenvalue weighted by Gasteiger charge is 2.37. The van der Waals surface area contributed by atoms with E-state index in [0.717, 1.165) is 0 Å². The van der Waals surface area contributed by atoms with Crippen molar-refractivity contribution in [3.05, 3.63) is 0 Å². The van der Waals surface area contributed by atoms with Gasteiger partial charge in [0.05, 0.1) is 35.6 Å². The zero-order chi connectivity index (χ0) is 18.6. The molecule has 0 aromatic heterocycles. The average Bonchev–Trinajstić information content (AvgIpc) is 2.45. The van der Waals surface area contributed by atoms with Crippen molar-refractivity contribution in [2.75, 3.05) is 17.3 Å². The Labute approximate surface area is 144 Å². The minimum absolute atomic E-state index is 0.0183. The van der Waals surface area contributed by atoms with Gasteiger partial charge < -0.3 is 0 Å². The maximum absolute atomic E-state index is 11.6. The summed E-state index contributed by atoms with van der Waals surface area (Å²) in [6.45, 7) is 4.22. The number of hydrogen-bond acceptors (Lipinski definition) is 9. The van der Waals surface area contributed by atoms with Crippen LogP contribution in [0.15, 0.2) is 0 Å². The fourth-order valence-corrected chi connectivity index (χ4v) is 4.35. The molecule has 0 amide bonds. The first-order valence-corrected chi connectivity index (χ1v) is 12.4. The Morgan fingerprint density at radius 3 is 0.958 bits per heavy atom. The molecule has 144 valence electrons. The zero-order valence-corrected chi connectivity index (χ0v) is 16.3. The van der Waals surface area contributed by atoms with Gasteiger partial charge in [0.2, 0.25) is 0 Å². The number of hydrogen-bond donors (Lipinski definition) is 0. The Hall–Kier alpha value is -0.270. The Kier molecular flexibility index (Phi) is 7.63. The second-order valence-corrected chi connectivity index (χ2v) is 11.1. The van der Waals surface area contributed by atoms with Crippen LogP contribution in [0.1, 0.15) is 40.0 Å². The van der Waals surface area contributed by atoms with Crippen LogP contribution < -0.4 is 0 Å². The summed E-state index contributed by atoms with van der Waals surface area (Å²) in [6, 6.07) is 0. The third-order valence-corrected chi connectivity index (χ3v) is 7.30.